The molecule has 0 bridgehead atoms. The SMILES string of the molecule is Cc1nc(CN2C[C@@H](F)C[C@H]2CNCc2cc3ccccc3o2)no1. The molecule has 6 nitrogen and oxygen atoms in total. The monoisotopic (exact) mass is 344 g/mol. The van der Waals surface area contributed by atoms with Crippen molar-refractivity contribution in [1.29, 1.82) is 0 Å². The lowest BCUT2D eigenvalue weighted by atomic mass is 10.2. The van der Waals surface area contributed by atoms with E-state index in [4.69, 9.17) is 8.94 Å². The van der Waals surface area contributed by atoms with Crippen LogP contribution in [0, 0.1) is 6.92 Å². The van der Waals surface area contributed by atoms with Gasteiger partial charge in [-0.2, -0.15) is 4.98 Å². The molecule has 0 radical (unpaired) electrons. The Morgan fingerprint density at radius 1 is 1.36 bits per heavy atom. The summed E-state index contributed by atoms with van der Waals surface area (Å²) in [7, 11) is 0. The molecule has 4 rings (SSSR count). The number of nitrogens with zero attached hydrogens (tertiary/aromatic N) is 3. The van der Waals surface area contributed by atoms with Crippen LogP contribution in [-0.2, 0) is 13.1 Å². The van der Waals surface area contributed by atoms with Crippen LogP contribution in [0.25, 0.3) is 11.0 Å². The maximum Gasteiger partial charge on any atom is 0.223 e. The Morgan fingerprint density at radius 2 is 2.24 bits per heavy atom. The van der Waals surface area contributed by atoms with Gasteiger partial charge >= 0.3 is 0 Å². The molecule has 1 aliphatic heterocycles. The number of aromatic nitrogens is 2. The average molecular weight is 344 g/mol. The number of para-hydroxylation sites is 1. The van der Waals surface area contributed by atoms with E-state index in [0.29, 0.717) is 44.3 Å². The zero-order valence-corrected chi connectivity index (χ0v) is 14.1. The van der Waals surface area contributed by atoms with Crippen molar-refractivity contribution in [3.8, 4) is 0 Å². The summed E-state index contributed by atoms with van der Waals surface area (Å²) >= 11 is 0. The maximum atomic E-state index is 13.9. The summed E-state index contributed by atoms with van der Waals surface area (Å²) < 4.78 is 24.7. The van der Waals surface area contributed by atoms with Gasteiger partial charge in [-0.25, -0.2) is 4.39 Å². The van der Waals surface area contributed by atoms with Gasteiger partial charge in [0.05, 0.1) is 13.1 Å². The standard InChI is InChI=1S/C18H21FN4O2/c1-12-21-18(22-25-12)11-23-10-14(19)7-15(23)8-20-9-16-6-13-4-2-3-5-17(13)24-16/h2-6,14-15,20H,7-11H2,1H3/t14-,15-/m0/s1. The van der Waals surface area contributed by atoms with E-state index in [1.54, 1.807) is 6.92 Å². The Labute approximate surface area is 145 Å². The molecule has 1 saturated heterocycles. The fraction of sp³-hybridized carbons (Fsp3) is 0.444. The number of furan rings is 1. The number of nitrogens with one attached hydrogen (secondary N) is 1. The van der Waals surface area contributed by atoms with E-state index in [-0.39, 0.29) is 6.04 Å². The highest BCUT2D eigenvalue weighted by Crippen LogP contribution is 2.22. The van der Waals surface area contributed by atoms with Crippen molar-refractivity contribution in [2.45, 2.75) is 38.6 Å². The van der Waals surface area contributed by atoms with Crippen molar-refractivity contribution in [2.75, 3.05) is 13.1 Å². The van der Waals surface area contributed by atoms with Gasteiger partial charge in [-0.15, -0.1) is 0 Å². The predicted octanol–water partition coefficient (Wildman–Crippen LogP) is 2.83. The highest BCUT2D eigenvalue weighted by atomic mass is 19.1. The largest absolute Gasteiger partial charge is 0.460 e. The van der Waals surface area contributed by atoms with Crippen LogP contribution in [0.5, 0.6) is 0 Å². The second-order valence-electron chi connectivity index (χ2n) is 6.53. The Bertz CT molecular complexity index is 813. The number of alkyl halides is 1. The highest BCUT2D eigenvalue weighted by Gasteiger charge is 2.32. The summed E-state index contributed by atoms with van der Waals surface area (Å²) in [5, 5.41) is 8.38. The molecule has 1 N–H and O–H groups in total. The van der Waals surface area contributed by atoms with Gasteiger partial charge in [0.2, 0.25) is 5.89 Å². The van der Waals surface area contributed by atoms with Crippen LogP contribution in [0.3, 0.4) is 0 Å². The van der Waals surface area contributed by atoms with E-state index in [9.17, 15) is 4.39 Å². The fourth-order valence-electron chi connectivity index (χ4n) is 3.40. The minimum Gasteiger partial charge on any atom is -0.460 e. The highest BCUT2D eigenvalue weighted by molar-refractivity contribution is 5.77. The van der Waals surface area contributed by atoms with Crippen LogP contribution < -0.4 is 5.32 Å². The van der Waals surface area contributed by atoms with Crippen molar-refractivity contribution in [3.63, 3.8) is 0 Å². The number of aryl methyl sites for hydroxylation is 1. The first-order chi connectivity index (χ1) is 12.2. The molecule has 1 aromatic carbocycles. The number of fused-ring (bicyclic) bond motifs is 1. The molecule has 1 fully saturated rings. The molecular weight excluding hydrogens is 323 g/mol. The number of hydrogen-bond donors (Lipinski definition) is 1. The zero-order chi connectivity index (χ0) is 17.2. The van der Waals surface area contributed by atoms with Gasteiger partial charge in [0.1, 0.15) is 17.5 Å². The Morgan fingerprint density at radius 3 is 3.04 bits per heavy atom. The van der Waals surface area contributed by atoms with Gasteiger partial charge in [-0.3, -0.25) is 4.90 Å². The third kappa shape index (κ3) is 3.72. The number of halogens is 1. The van der Waals surface area contributed by atoms with Crippen molar-refractivity contribution < 1.29 is 13.3 Å². The predicted molar refractivity (Wildman–Crippen MR) is 90.7 cm³/mol. The maximum absolute atomic E-state index is 13.9. The summed E-state index contributed by atoms with van der Waals surface area (Å²) in [6.45, 7) is 3.98. The Balaban J connectivity index is 1.34. The van der Waals surface area contributed by atoms with Crippen LogP contribution in [-0.4, -0.2) is 40.3 Å². The summed E-state index contributed by atoms with van der Waals surface area (Å²) in [5.41, 5.74) is 0.887. The topological polar surface area (TPSA) is 67.3 Å². The van der Waals surface area contributed by atoms with Gasteiger partial charge in [0.25, 0.3) is 0 Å². The molecule has 2 aromatic heterocycles. The van der Waals surface area contributed by atoms with Gasteiger partial charge in [0.15, 0.2) is 5.82 Å². The Hall–Kier alpha value is -2.25. The lowest BCUT2D eigenvalue weighted by Gasteiger charge is -2.22. The third-order valence-corrected chi connectivity index (χ3v) is 4.55. The minimum atomic E-state index is -0.814. The second kappa shape index (κ2) is 6.93. The summed E-state index contributed by atoms with van der Waals surface area (Å²) in [6.07, 6.45) is -0.296. The van der Waals surface area contributed by atoms with E-state index >= 15 is 0 Å². The first kappa shape index (κ1) is 16.2. The third-order valence-electron chi connectivity index (χ3n) is 4.55. The molecule has 0 unspecified atom stereocenters. The molecule has 3 aromatic rings. The molecule has 7 heteroatoms. The molecule has 3 heterocycles. The van der Waals surface area contributed by atoms with Crippen LogP contribution >= 0.6 is 0 Å². The van der Waals surface area contributed by atoms with Crippen molar-refractivity contribution in [2.24, 2.45) is 0 Å². The van der Waals surface area contributed by atoms with E-state index in [2.05, 4.69) is 20.4 Å². The average Bonchev–Trinajstić information content (AvgIpc) is 3.27. The Kier molecular flexibility index (Phi) is 4.50. The van der Waals surface area contributed by atoms with Gasteiger partial charge < -0.3 is 14.3 Å². The van der Waals surface area contributed by atoms with E-state index < -0.39 is 6.17 Å². The van der Waals surface area contributed by atoms with Crippen LogP contribution in [0.1, 0.15) is 23.9 Å². The van der Waals surface area contributed by atoms with Crippen molar-refractivity contribution >= 4 is 11.0 Å². The quantitative estimate of drug-likeness (QED) is 0.742. The number of hydrogen-bond acceptors (Lipinski definition) is 6. The molecule has 0 aliphatic carbocycles. The van der Waals surface area contributed by atoms with Crippen LogP contribution in [0.15, 0.2) is 39.3 Å². The molecule has 0 spiro atoms. The fourth-order valence-corrected chi connectivity index (χ4v) is 3.40. The zero-order valence-electron chi connectivity index (χ0n) is 14.1. The molecular formula is C18H21FN4O2. The summed E-state index contributed by atoms with van der Waals surface area (Å²) in [5.74, 6) is 2.02. The molecule has 1 aliphatic rings. The number of benzene rings is 1. The molecule has 25 heavy (non-hydrogen) atoms. The van der Waals surface area contributed by atoms with Gasteiger partial charge in [-0.1, -0.05) is 23.4 Å². The smallest absolute Gasteiger partial charge is 0.223 e. The summed E-state index contributed by atoms with van der Waals surface area (Å²) in [6, 6.07) is 10.1. The first-order valence-corrected chi connectivity index (χ1v) is 8.53. The summed E-state index contributed by atoms with van der Waals surface area (Å²) in [4.78, 5) is 6.28. The lowest BCUT2D eigenvalue weighted by Crippen LogP contribution is -2.37. The van der Waals surface area contributed by atoms with Crippen molar-refractivity contribution in [1.82, 2.24) is 20.4 Å². The first-order valence-electron chi connectivity index (χ1n) is 8.53. The second-order valence-corrected chi connectivity index (χ2v) is 6.53. The van der Waals surface area contributed by atoms with Gasteiger partial charge in [-0.05, 0) is 18.6 Å². The normalized spacial score (nSPS) is 21.4. The lowest BCUT2D eigenvalue weighted by molar-refractivity contribution is 0.221. The molecule has 0 amide bonds. The minimum absolute atomic E-state index is 0.109. The van der Waals surface area contributed by atoms with Crippen LogP contribution in [0.2, 0.25) is 0 Å². The molecule has 2 atom stereocenters. The number of rotatable bonds is 6. The molecule has 132 valence electrons. The van der Waals surface area contributed by atoms with Crippen LogP contribution in [0.4, 0.5) is 4.39 Å². The van der Waals surface area contributed by atoms with E-state index in [1.807, 2.05) is 30.3 Å². The van der Waals surface area contributed by atoms with E-state index in [1.165, 1.54) is 0 Å². The van der Waals surface area contributed by atoms with Crippen molar-refractivity contribution in [3.05, 3.63) is 47.8 Å². The van der Waals surface area contributed by atoms with Gasteiger partial charge in [0, 0.05) is 31.4 Å². The van der Waals surface area contributed by atoms with E-state index in [0.717, 1.165) is 16.7 Å². The number of likely N-dealkylation sites (tertiary alicyclic amines) is 1. The molecule has 0 saturated carbocycles.